The van der Waals surface area contributed by atoms with Gasteiger partial charge in [0.25, 0.3) is 0 Å². The quantitative estimate of drug-likeness (QED) is 0.0726. The Morgan fingerprint density at radius 3 is 2.77 bits per heavy atom. The Morgan fingerprint density at radius 1 is 1.31 bits per heavy atom. The van der Waals surface area contributed by atoms with Crippen LogP contribution in [0.5, 0.6) is 5.75 Å². The number of nitrogens with one attached hydrogen (secondary N) is 3. The van der Waals surface area contributed by atoms with Crippen molar-refractivity contribution in [2.24, 2.45) is 5.73 Å². The van der Waals surface area contributed by atoms with Crippen LogP contribution < -0.4 is 56.7 Å². The molecule has 0 unspecified atom stereocenters. The Labute approximate surface area is 220 Å². The number of amides is 2. The monoisotopic (exact) mass is 617 g/mol. The first-order valence-corrected chi connectivity index (χ1v) is 14.3. The molecule has 13 heteroatoms. The summed E-state index contributed by atoms with van der Waals surface area (Å²) in [5, 5.41) is 8.92. The van der Waals surface area contributed by atoms with Crippen LogP contribution in [0.3, 0.4) is 0 Å². The molecule has 1 heterocycles. The molecule has 0 saturated carbocycles. The van der Waals surface area contributed by atoms with E-state index in [9.17, 15) is 9.59 Å². The Kier molecular flexibility index (Phi) is 11.8. The van der Waals surface area contributed by atoms with Crippen molar-refractivity contribution in [1.82, 2.24) is 20.6 Å². The first-order chi connectivity index (χ1) is 16.8. The summed E-state index contributed by atoms with van der Waals surface area (Å²) >= 11 is 5.31. The van der Waals surface area contributed by atoms with Gasteiger partial charge in [-0.05, 0) is 0 Å². The van der Waals surface area contributed by atoms with E-state index in [1.54, 1.807) is 6.07 Å². The van der Waals surface area contributed by atoms with Crippen molar-refractivity contribution in [3.63, 3.8) is 0 Å². The summed E-state index contributed by atoms with van der Waals surface area (Å²) in [5.74, 6) is -0.191. The summed E-state index contributed by atoms with van der Waals surface area (Å²) in [6, 6.07) is 5.54. The predicted molar refractivity (Wildman–Crippen MR) is 134 cm³/mol. The summed E-state index contributed by atoms with van der Waals surface area (Å²) < 4.78 is 7.74. The summed E-state index contributed by atoms with van der Waals surface area (Å²) in [6.45, 7) is 7.93. The van der Waals surface area contributed by atoms with E-state index in [-0.39, 0.29) is 35.7 Å². The van der Waals surface area contributed by atoms with E-state index >= 15 is 0 Å². The van der Waals surface area contributed by atoms with Crippen molar-refractivity contribution >= 4 is 40.6 Å². The van der Waals surface area contributed by atoms with Crippen LogP contribution in [-0.4, -0.2) is 59.5 Å². The molecule has 0 bridgehead atoms. The number of nitrogen functional groups attached to an aromatic ring is 1. The second kappa shape index (κ2) is 14.5. The van der Waals surface area contributed by atoms with Crippen LogP contribution in [0.1, 0.15) is 23.8 Å². The second-order valence-corrected chi connectivity index (χ2v) is 9.43. The number of rotatable bonds is 14. The van der Waals surface area contributed by atoms with E-state index < -0.39 is 27.4 Å². The van der Waals surface area contributed by atoms with Gasteiger partial charge in [-0.15, -0.1) is 0 Å². The SMILES string of the molecule is C=C(CNC(=O)c1nc(Cl)cnc1N)N([I-]C)c1cc(OCC(=O)NCCCN)ccc1NCC. The van der Waals surface area contributed by atoms with Crippen molar-refractivity contribution in [3.05, 3.63) is 47.5 Å². The van der Waals surface area contributed by atoms with Crippen LogP contribution in [0.4, 0.5) is 17.2 Å². The van der Waals surface area contributed by atoms with E-state index in [1.807, 2.05) is 22.2 Å². The molecule has 1 aromatic heterocycles. The average molecular weight is 618 g/mol. The standard InChI is InChI=1S/C22H31ClIN8O3/c1-4-27-16-7-6-15(35-13-19(33)28-9-5-8-25)10-17(16)32(24-3)14(2)11-30-22(34)20-21(26)29-12-18(23)31-20/h6-7,10,12,27H,2,4-5,8-9,11,13,25H2,1,3H3,(H2,26,29)(H,28,33)(H,30,34)/q-1. The third-order valence-corrected chi connectivity index (χ3v) is 6.86. The molecule has 1 aromatic carbocycles. The van der Waals surface area contributed by atoms with E-state index in [2.05, 4.69) is 37.4 Å². The first kappa shape index (κ1) is 28.4. The number of carbonyl (C=O) groups excluding carboxylic acids is 2. The zero-order chi connectivity index (χ0) is 25.8. The molecular weight excluding hydrogens is 587 g/mol. The van der Waals surface area contributed by atoms with Crippen LogP contribution in [0.2, 0.25) is 5.15 Å². The number of hydrogen-bond donors (Lipinski definition) is 5. The Balaban J connectivity index is 2.12. The summed E-state index contributed by atoms with van der Waals surface area (Å²) in [7, 11) is 0. The van der Waals surface area contributed by atoms with Gasteiger partial charge in [-0.2, -0.15) is 0 Å². The average Bonchev–Trinajstić information content (AvgIpc) is 2.84. The van der Waals surface area contributed by atoms with Gasteiger partial charge in [0.15, 0.2) is 0 Å². The molecule has 7 N–H and O–H groups in total. The molecule has 35 heavy (non-hydrogen) atoms. The first-order valence-electron chi connectivity index (χ1n) is 10.8. The van der Waals surface area contributed by atoms with Crippen LogP contribution in [0.25, 0.3) is 0 Å². The van der Waals surface area contributed by atoms with Gasteiger partial charge in [-0.3, -0.25) is 0 Å². The number of alkyl halides is 1. The van der Waals surface area contributed by atoms with Crippen molar-refractivity contribution in [1.29, 1.82) is 0 Å². The fraction of sp³-hybridized carbons (Fsp3) is 0.364. The van der Waals surface area contributed by atoms with E-state index in [1.165, 1.54) is 6.20 Å². The zero-order valence-electron chi connectivity index (χ0n) is 19.7. The number of halogens is 2. The minimum absolute atomic E-state index is 0.0105. The van der Waals surface area contributed by atoms with Crippen molar-refractivity contribution in [2.75, 3.05) is 51.9 Å². The molecule has 0 spiro atoms. The van der Waals surface area contributed by atoms with Gasteiger partial charge < -0.3 is 0 Å². The summed E-state index contributed by atoms with van der Waals surface area (Å²) in [6.07, 6.45) is 1.98. The summed E-state index contributed by atoms with van der Waals surface area (Å²) in [4.78, 5) is 34.4. The van der Waals surface area contributed by atoms with Gasteiger partial charge in [-0.25, -0.2) is 0 Å². The molecule has 0 aliphatic heterocycles. The zero-order valence-corrected chi connectivity index (χ0v) is 22.6. The number of aromatic nitrogens is 2. The number of ether oxygens (including phenoxy) is 1. The molecule has 0 aliphatic carbocycles. The molecule has 0 atom stereocenters. The number of hydrogen-bond acceptors (Lipinski definition) is 9. The third-order valence-electron chi connectivity index (χ3n) is 4.51. The maximum absolute atomic E-state index is 12.6. The molecule has 2 rings (SSSR count). The molecule has 11 nitrogen and oxygen atoms in total. The van der Waals surface area contributed by atoms with Crippen LogP contribution in [0, 0.1) is 0 Å². The Hall–Kier alpha value is -2.84. The molecular formula is C22H31ClIN8O3-. The van der Waals surface area contributed by atoms with Crippen LogP contribution in [-0.2, 0) is 4.79 Å². The Bertz CT molecular complexity index is 1040. The van der Waals surface area contributed by atoms with Crippen molar-refractivity contribution in [3.8, 4) is 5.75 Å². The van der Waals surface area contributed by atoms with Crippen molar-refractivity contribution in [2.45, 2.75) is 13.3 Å². The van der Waals surface area contributed by atoms with Crippen LogP contribution >= 0.6 is 11.6 Å². The van der Waals surface area contributed by atoms with Gasteiger partial charge in [0.2, 0.25) is 0 Å². The van der Waals surface area contributed by atoms with Gasteiger partial charge >= 0.3 is 221 Å². The number of benzene rings is 1. The van der Waals surface area contributed by atoms with Crippen LogP contribution in [0.15, 0.2) is 36.7 Å². The molecule has 0 saturated heterocycles. The van der Waals surface area contributed by atoms with Gasteiger partial charge in [0.1, 0.15) is 0 Å². The number of nitrogens with zero attached hydrogens (tertiary/aromatic N) is 3. The van der Waals surface area contributed by atoms with Gasteiger partial charge in [0.05, 0.1) is 0 Å². The normalized spacial score (nSPS) is 10.5. The third kappa shape index (κ3) is 8.71. The number of nitrogens with two attached hydrogens (primary N) is 2. The molecule has 0 fully saturated rings. The topological polar surface area (TPSA) is 161 Å². The fourth-order valence-electron chi connectivity index (χ4n) is 2.89. The second-order valence-electron chi connectivity index (χ2n) is 7.12. The van der Waals surface area contributed by atoms with E-state index in [0.29, 0.717) is 37.5 Å². The predicted octanol–water partition coefficient (Wildman–Crippen LogP) is -1.63. The molecule has 2 amide bonds. The number of carbonyl (C=O) groups is 2. The van der Waals surface area contributed by atoms with Gasteiger partial charge in [-0.1, -0.05) is 0 Å². The molecule has 192 valence electrons. The molecule has 0 radical (unpaired) electrons. The number of anilines is 3. The minimum atomic E-state index is -0.529. The maximum atomic E-state index is 12.6. The van der Waals surface area contributed by atoms with Gasteiger partial charge in [0, 0.05) is 0 Å². The Morgan fingerprint density at radius 2 is 2.09 bits per heavy atom. The van der Waals surface area contributed by atoms with Crippen molar-refractivity contribution < 1.29 is 35.8 Å². The molecule has 2 aromatic rings. The molecule has 0 aliphatic rings. The summed E-state index contributed by atoms with van der Waals surface area (Å²) in [5.41, 5.74) is 13.5. The van der Waals surface area contributed by atoms with E-state index in [0.717, 1.165) is 11.4 Å². The fourth-order valence-corrected chi connectivity index (χ4v) is 4.80. The van der Waals surface area contributed by atoms with E-state index in [4.69, 9.17) is 27.8 Å².